The van der Waals surface area contributed by atoms with Crippen LogP contribution in [0.25, 0.3) is 0 Å². The highest BCUT2D eigenvalue weighted by molar-refractivity contribution is 5.89. The smallest absolute Gasteiger partial charge is 0.338 e. The maximum atomic E-state index is 13.3. The van der Waals surface area contributed by atoms with Crippen molar-refractivity contribution in [2.24, 2.45) is 11.8 Å². The first-order valence-electron chi connectivity index (χ1n) is 15.8. The first kappa shape index (κ1) is 33.1. The van der Waals surface area contributed by atoms with E-state index in [1.807, 2.05) is 13.1 Å². The number of phenols is 1. The number of nitrogens with one attached hydrogen (secondary N) is 1. The van der Waals surface area contributed by atoms with E-state index in [0.29, 0.717) is 30.9 Å². The summed E-state index contributed by atoms with van der Waals surface area (Å²) in [5.41, 5.74) is 1.23. The second-order valence-electron chi connectivity index (χ2n) is 12.0. The summed E-state index contributed by atoms with van der Waals surface area (Å²) in [6, 6.07) is 13.9. The van der Waals surface area contributed by atoms with E-state index in [4.69, 9.17) is 14.2 Å². The number of aromatic hydroxyl groups is 1. The molecule has 44 heavy (non-hydrogen) atoms. The molecule has 2 N–H and O–H groups in total. The summed E-state index contributed by atoms with van der Waals surface area (Å²) in [5, 5.41) is 13.2. The molecule has 4 rings (SSSR count). The molecule has 9 heteroatoms. The van der Waals surface area contributed by atoms with E-state index >= 15 is 0 Å². The van der Waals surface area contributed by atoms with Crippen LogP contribution in [0.2, 0.25) is 0 Å². The summed E-state index contributed by atoms with van der Waals surface area (Å²) in [6.45, 7) is 4.61. The lowest BCUT2D eigenvalue weighted by Crippen LogP contribution is -2.53. The summed E-state index contributed by atoms with van der Waals surface area (Å²) in [4.78, 5) is 40.6. The third kappa shape index (κ3) is 9.32. The van der Waals surface area contributed by atoms with Gasteiger partial charge in [-0.2, -0.15) is 0 Å². The predicted octanol–water partition coefficient (Wildman–Crippen LogP) is 5.41. The highest BCUT2D eigenvalue weighted by Crippen LogP contribution is 2.40. The normalized spacial score (nSPS) is 21.4. The molecule has 2 aromatic rings. The number of piperidine rings is 1. The van der Waals surface area contributed by atoms with Crippen molar-refractivity contribution < 1.29 is 33.7 Å². The Bertz CT molecular complexity index is 1280. The van der Waals surface area contributed by atoms with Crippen LogP contribution in [0.5, 0.6) is 11.5 Å². The molecule has 4 atom stereocenters. The zero-order valence-electron chi connectivity index (χ0n) is 26.1. The van der Waals surface area contributed by atoms with Gasteiger partial charge in [0.2, 0.25) is 5.91 Å². The minimum atomic E-state index is -0.594. The van der Waals surface area contributed by atoms with Crippen LogP contribution in [0.3, 0.4) is 0 Å². The standard InChI is InChI=1S/C35H46N2O7/c1-24(2)11-7-4-5-10-14-32(39)36-23-25-15-18-29(38)30(21-25)42-19-20-43-35(41)33-28-17-16-27(37(28)3)22-31(33)44-34(40)26-12-8-6-9-13-26/h6-9,11-13,15,18,21,24,27-28,31,33,38H,4-5,10,14,16-17,19-20,22-23H2,1-3H3,(H,36,39)/b11-7+/t27?,28?,31-,33-/m0/s1. The molecule has 0 aliphatic carbocycles. The Morgan fingerprint density at radius 2 is 1.86 bits per heavy atom. The first-order valence-corrected chi connectivity index (χ1v) is 15.8. The number of hydrogen-bond donors (Lipinski definition) is 2. The number of allylic oxidation sites excluding steroid dienone is 2. The number of carbonyl (C=O) groups excluding carboxylic acids is 3. The maximum absolute atomic E-state index is 13.3. The van der Waals surface area contributed by atoms with E-state index in [0.717, 1.165) is 37.7 Å². The Hall–Kier alpha value is -3.85. The summed E-state index contributed by atoms with van der Waals surface area (Å²) in [6.07, 6.45) is 9.37. The molecule has 2 heterocycles. The Labute approximate surface area is 260 Å². The minimum absolute atomic E-state index is 0.0185. The largest absolute Gasteiger partial charge is 0.504 e. The SMILES string of the molecule is CC(C)/C=C/CCCCC(=O)NCc1ccc(O)c(OCCOC(=O)[C@H]2C3CCC(C[C@@H]2OC(=O)c2ccccc2)N3C)c1. The van der Waals surface area contributed by atoms with Gasteiger partial charge in [0.15, 0.2) is 11.5 Å². The number of benzene rings is 2. The Morgan fingerprint density at radius 3 is 2.64 bits per heavy atom. The fourth-order valence-electron chi connectivity index (χ4n) is 6.01. The summed E-state index contributed by atoms with van der Waals surface area (Å²) < 4.78 is 17.2. The van der Waals surface area contributed by atoms with Crippen LogP contribution in [0.4, 0.5) is 0 Å². The third-order valence-electron chi connectivity index (χ3n) is 8.40. The van der Waals surface area contributed by atoms with Gasteiger partial charge in [-0.1, -0.05) is 50.3 Å². The lowest BCUT2D eigenvalue weighted by molar-refractivity contribution is -0.159. The molecule has 2 unspecified atom stereocenters. The van der Waals surface area contributed by atoms with Crippen molar-refractivity contribution in [1.82, 2.24) is 10.2 Å². The van der Waals surface area contributed by atoms with E-state index < -0.39 is 24.0 Å². The quantitative estimate of drug-likeness (QED) is 0.157. The van der Waals surface area contributed by atoms with Crippen LogP contribution in [-0.2, 0) is 25.6 Å². The number of carbonyl (C=O) groups is 3. The van der Waals surface area contributed by atoms with Crippen molar-refractivity contribution in [3.63, 3.8) is 0 Å². The van der Waals surface area contributed by atoms with Crippen LogP contribution in [0.15, 0.2) is 60.7 Å². The highest BCUT2D eigenvalue weighted by Gasteiger charge is 2.51. The van der Waals surface area contributed by atoms with Gasteiger partial charge in [0, 0.05) is 31.5 Å². The van der Waals surface area contributed by atoms with Gasteiger partial charge >= 0.3 is 11.9 Å². The van der Waals surface area contributed by atoms with E-state index in [9.17, 15) is 19.5 Å². The molecule has 1 amide bonds. The number of fused-ring (bicyclic) bond motifs is 2. The van der Waals surface area contributed by atoms with E-state index in [2.05, 4.69) is 36.2 Å². The van der Waals surface area contributed by atoms with E-state index in [1.54, 1.807) is 36.4 Å². The average Bonchev–Trinajstić information content (AvgIpc) is 3.24. The summed E-state index contributed by atoms with van der Waals surface area (Å²) in [7, 11) is 2.01. The van der Waals surface area contributed by atoms with Gasteiger partial charge in [-0.3, -0.25) is 14.5 Å². The van der Waals surface area contributed by atoms with Gasteiger partial charge in [-0.15, -0.1) is 0 Å². The second-order valence-corrected chi connectivity index (χ2v) is 12.0. The molecule has 2 aromatic carbocycles. The molecular weight excluding hydrogens is 560 g/mol. The first-order chi connectivity index (χ1) is 21.2. The molecule has 0 saturated carbocycles. The van der Waals surface area contributed by atoms with Crippen molar-refractivity contribution in [1.29, 1.82) is 0 Å². The zero-order chi connectivity index (χ0) is 31.5. The summed E-state index contributed by atoms with van der Waals surface area (Å²) >= 11 is 0. The number of esters is 2. The van der Waals surface area contributed by atoms with Crippen molar-refractivity contribution in [3.05, 3.63) is 71.8 Å². The van der Waals surface area contributed by atoms with Gasteiger partial charge in [0.1, 0.15) is 25.2 Å². The molecule has 2 aliphatic heterocycles. The lowest BCUT2D eigenvalue weighted by atomic mass is 9.87. The van der Waals surface area contributed by atoms with Crippen molar-refractivity contribution >= 4 is 17.8 Å². The molecule has 0 radical (unpaired) electrons. The second kappa shape index (κ2) is 16.3. The van der Waals surface area contributed by atoms with Crippen LogP contribution in [0, 0.1) is 11.8 Å². The fourth-order valence-corrected chi connectivity index (χ4v) is 6.01. The number of rotatable bonds is 15. The van der Waals surface area contributed by atoms with Crippen LogP contribution >= 0.6 is 0 Å². The molecule has 9 nitrogen and oxygen atoms in total. The molecule has 0 aromatic heterocycles. The molecule has 0 spiro atoms. The van der Waals surface area contributed by atoms with Gasteiger partial charge in [0.25, 0.3) is 0 Å². The number of nitrogens with zero attached hydrogens (tertiary/aromatic N) is 1. The molecule has 2 aliphatic rings. The van der Waals surface area contributed by atoms with Gasteiger partial charge in [-0.25, -0.2) is 4.79 Å². The topological polar surface area (TPSA) is 114 Å². The van der Waals surface area contributed by atoms with E-state index in [1.165, 1.54) is 6.07 Å². The maximum Gasteiger partial charge on any atom is 0.338 e. The van der Waals surface area contributed by atoms with Crippen molar-refractivity contribution in [2.75, 3.05) is 20.3 Å². The number of hydrogen-bond acceptors (Lipinski definition) is 8. The molecular formula is C35H46N2O7. The Kier molecular flexibility index (Phi) is 12.2. The summed E-state index contributed by atoms with van der Waals surface area (Å²) in [5.74, 6) is -0.735. The lowest BCUT2D eigenvalue weighted by Gasteiger charge is -2.40. The van der Waals surface area contributed by atoms with Gasteiger partial charge in [0.05, 0.1) is 5.56 Å². The molecule has 2 bridgehead atoms. The van der Waals surface area contributed by atoms with Crippen LogP contribution < -0.4 is 10.1 Å². The highest BCUT2D eigenvalue weighted by atomic mass is 16.6. The monoisotopic (exact) mass is 606 g/mol. The van der Waals surface area contributed by atoms with Crippen LogP contribution in [-0.4, -0.2) is 66.3 Å². The third-order valence-corrected chi connectivity index (χ3v) is 8.40. The van der Waals surface area contributed by atoms with E-state index in [-0.39, 0.29) is 42.7 Å². The van der Waals surface area contributed by atoms with Gasteiger partial charge < -0.3 is 24.6 Å². The van der Waals surface area contributed by atoms with Crippen molar-refractivity contribution in [2.45, 2.75) is 83.5 Å². The number of unbranched alkanes of at least 4 members (excludes halogenated alkanes) is 2. The predicted molar refractivity (Wildman–Crippen MR) is 167 cm³/mol. The average molecular weight is 607 g/mol. The number of amides is 1. The van der Waals surface area contributed by atoms with Gasteiger partial charge in [-0.05, 0) is 74.9 Å². The molecule has 2 fully saturated rings. The Balaban J connectivity index is 1.23. The Morgan fingerprint density at radius 1 is 1.07 bits per heavy atom. The number of phenolic OH excluding ortho intramolecular Hbond substituents is 1. The molecule has 238 valence electrons. The van der Waals surface area contributed by atoms with Crippen molar-refractivity contribution in [3.8, 4) is 11.5 Å². The number of ether oxygens (including phenoxy) is 3. The molecule has 2 saturated heterocycles. The zero-order valence-corrected chi connectivity index (χ0v) is 26.1. The minimum Gasteiger partial charge on any atom is -0.504 e. The van der Waals surface area contributed by atoms with Crippen LogP contribution in [0.1, 0.15) is 74.7 Å². The fraction of sp³-hybridized carbons (Fsp3) is 0.514.